The van der Waals surface area contributed by atoms with Gasteiger partial charge in [0.1, 0.15) is 11.3 Å². The van der Waals surface area contributed by atoms with Crippen molar-refractivity contribution in [3.8, 4) is 10.7 Å². The van der Waals surface area contributed by atoms with Crippen molar-refractivity contribution in [1.29, 1.82) is 0 Å². The van der Waals surface area contributed by atoms with Gasteiger partial charge in [-0.2, -0.15) is 0 Å². The number of aromatic amines is 1. The molecule has 0 saturated carbocycles. The third-order valence-electron chi connectivity index (χ3n) is 2.60. The monoisotopic (exact) mass is 229 g/mol. The van der Waals surface area contributed by atoms with E-state index >= 15 is 0 Å². The first-order valence-electron chi connectivity index (χ1n) is 5.26. The summed E-state index contributed by atoms with van der Waals surface area (Å²) in [6.07, 6.45) is 2.81. The summed E-state index contributed by atoms with van der Waals surface area (Å²) in [4.78, 5) is 13.3. The molecule has 0 aromatic carbocycles. The Morgan fingerprint density at radius 3 is 3.06 bits per heavy atom. The zero-order valence-electron chi connectivity index (χ0n) is 8.90. The van der Waals surface area contributed by atoms with Crippen LogP contribution in [0.1, 0.15) is 12.5 Å². The number of H-pyrrole nitrogens is 1. The van der Waals surface area contributed by atoms with Gasteiger partial charge in [0.25, 0.3) is 0 Å². The summed E-state index contributed by atoms with van der Waals surface area (Å²) in [6.45, 7) is 2.13. The van der Waals surface area contributed by atoms with Crippen LogP contribution in [0.3, 0.4) is 0 Å². The number of aromatic nitrogens is 3. The fourth-order valence-corrected chi connectivity index (χ4v) is 2.45. The highest BCUT2D eigenvalue weighted by Crippen LogP contribution is 2.25. The lowest BCUT2D eigenvalue weighted by molar-refractivity contribution is 1.14. The number of pyridine rings is 1. The van der Waals surface area contributed by atoms with Crippen molar-refractivity contribution in [2.24, 2.45) is 0 Å². The predicted molar refractivity (Wildman–Crippen MR) is 66.6 cm³/mol. The molecule has 16 heavy (non-hydrogen) atoms. The lowest BCUT2D eigenvalue weighted by atomic mass is 10.2. The molecule has 3 aromatic rings. The van der Waals surface area contributed by atoms with Gasteiger partial charge < -0.3 is 4.98 Å². The van der Waals surface area contributed by atoms with E-state index in [2.05, 4.69) is 33.3 Å². The van der Waals surface area contributed by atoms with E-state index in [0.29, 0.717) is 0 Å². The van der Waals surface area contributed by atoms with Crippen LogP contribution >= 0.6 is 11.3 Å². The van der Waals surface area contributed by atoms with Crippen molar-refractivity contribution < 1.29 is 0 Å². The zero-order chi connectivity index (χ0) is 11.0. The zero-order valence-corrected chi connectivity index (χ0v) is 9.71. The molecule has 3 aromatic heterocycles. The molecule has 0 amide bonds. The van der Waals surface area contributed by atoms with Crippen LogP contribution in [-0.2, 0) is 6.42 Å². The molecule has 1 N–H and O–H groups in total. The summed E-state index contributed by atoms with van der Waals surface area (Å²) in [7, 11) is 0. The molecule has 0 aliphatic rings. The van der Waals surface area contributed by atoms with Crippen LogP contribution in [0.2, 0.25) is 0 Å². The quantitative estimate of drug-likeness (QED) is 0.733. The second-order valence-corrected chi connectivity index (χ2v) is 4.53. The van der Waals surface area contributed by atoms with Crippen LogP contribution in [0.25, 0.3) is 21.9 Å². The van der Waals surface area contributed by atoms with Crippen LogP contribution in [0.5, 0.6) is 0 Å². The first kappa shape index (κ1) is 9.54. The molecule has 0 aliphatic carbocycles. The lowest BCUT2D eigenvalue weighted by Crippen LogP contribution is -1.84. The second kappa shape index (κ2) is 3.72. The van der Waals surface area contributed by atoms with E-state index in [9.17, 15) is 0 Å². The fraction of sp³-hybridized carbons (Fsp3) is 0.167. The van der Waals surface area contributed by atoms with Crippen molar-refractivity contribution in [1.82, 2.24) is 15.0 Å². The summed E-state index contributed by atoms with van der Waals surface area (Å²) in [5, 5.41) is 2.05. The molecule has 0 radical (unpaired) electrons. The summed E-state index contributed by atoms with van der Waals surface area (Å²) >= 11 is 1.68. The Balaban J connectivity index is 2.23. The highest BCUT2D eigenvalue weighted by molar-refractivity contribution is 7.13. The first-order chi connectivity index (χ1) is 7.88. The summed E-state index contributed by atoms with van der Waals surface area (Å²) in [6, 6.07) is 6.12. The lowest BCUT2D eigenvalue weighted by Gasteiger charge is -1.94. The fourth-order valence-electron chi connectivity index (χ4n) is 1.78. The van der Waals surface area contributed by atoms with Crippen molar-refractivity contribution >= 4 is 22.5 Å². The van der Waals surface area contributed by atoms with Gasteiger partial charge >= 0.3 is 0 Å². The van der Waals surface area contributed by atoms with Gasteiger partial charge in [0.2, 0.25) is 0 Å². The minimum atomic E-state index is 0.878. The summed E-state index contributed by atoms with van der Waals surface area (Å²) in [5.74, 6) is 0.915. The molecule has 0 atom stereocenters. The molecule has 0 aliphatic heterocycles. The largest absolute Gasteiger partial charge is 0.322 e. The molecule has 0 bridgehead atoms. The van der Waals surface area contributed by atoms with Crippen LogP contribution in [0.4, 0.5) is 0 Å². The smallest absolute Gasteiger partial charge is 0.157 e. The van der Waals surface area contributed by atoms with Gasteiger partial charge in [-0.15, -0.1) is 11.3 Å². The van der Waals surface area contributed by atoms with Crippen LogP contribution in [-0.4, -0.2) is 15.0 Å². The van der Waals surface area contributed by atoms with E-state index in [1.165, 1.54) is 5.56 Å². The summed E-state index contributed by atoms with van der Waals surface area (Å²) < 4.78 is 0. The number of hydrogen-bond acceptors (Lipinski definition) is 3. The van der Waals surface area contributed by atoms with Gasteiger partial charge in [0, 0.05) is 6.20 Å². The maximum Gasteiger partial charge on any atom is 0.157 e. The van der Waals surface area contributed by atoms with E-state index in [-0.39, 0.29) is 0 Å². The van der Waals surface area contributed by atoms with Crippen molar-refractivity contribution in [2.75, 3.05) is 0 Å². The maximum absolute atomic E-state index is 4.62. The SMILES string of the molecule is CCc1ccnc2[nH]c(-c3cccs3)nc12. The molecule has 4 heteroatoms. The molecule has 0 saturated heterocycles. The van der Waals surface area contributed by atoms with Gasteiger partial charge in [-0.25, -0.2) is 9.97 Å². The number of imidazole rings is 1. The Morgan fingerprint density at radius 2 is 2.31 bits per heavy atom. The summed E-state index contributed by atoms with van der Waals surface area (Å²) in [5.41, 5.74) is 3.11. The number of rotatable bonds is 2. The number of nitrogens with one attached hydrogen (secondary N) is 1. The molecule has 0 spiro atoms. The minimum Gasteiger partial charge on any atom is -0.322 e. The Labute approximate surface area is 97.2 Å². The second-order valence-electron chi connectivity index (χ2n) is 3.58. The van der Waals surface area contributed by atoms with E-state index in [4.69, 9.17) is 0 Å². The van der Waals surface area contributed by atoms with Crippen LogP contribution in [0.15, 0.2) is 29.8 Å². The standard InChI is InChI=1S/C12H11N3S/c1-2-8-5-6-13-12-10(8)14-11(15-12)9-4-3-7-16-9/h3-7H,2H2,1H3,(H,13,14,15). The van der Waals surface area contributed by atoms with E-state index in [0.717, 1.165) is 28.3 Å². The molecule has 3 rings (SSSR count). The number of nitrogens with zero attached hydrogens (tertiary/aromatic N) is 2. The third kappa shape index (κ3) is 1.42. The Bertz CT molecular complexity index is 610. The number of fused-ring (bicyclic) bond motifs is 1. The third-order valence-corrected chi connectivity index (χ3v) is 3.48. The van der Waals surface area contributed by atoms with Gasteiger partial charge in [-0.3, -0.25) is 0 Å². The Kier molecular flexibility index (Phi) is 2.22. The molecule has 80 valence electrons. The highest BCUT2D eigenvalue weighted by Gasteiger charge is 2.09. The van der Waals surface area contributed by atoms with Crippen molar-refractivity contribution in [3.05, 3.63) is 35.3 Å². The normalized spacial score (nSPS) is 11.1. The molecular formula is C12H11N3S. The number of aryl methyl sites for hydroxylation is 1. The van der Waals surface area contributed by atoms with Crippen molar-refractivity contribution in [2.45, 2.75) is 13.3 Å². The van der Waals surface area contributed by atoms with E-state index < -0.39 is 0 Å². The van der Waals surface area contributed by atoms with Gasteiger partial charge in [0.15, 0.2) is 5.65 Å². The predicted octanol–water partition coefficient (Wildman–Crippen LogP) is 3.25. The van der Waals surface area contributed by atoms with E-state index in [1.807, 2.05) is 18.3 Å². The molecular weight excluding hydrogens is 218 g/mol. The molecule has 0 unspecified atom stereocenters. The van der Waals surface area contributed by atoms with Gasteiger partial charge in [-0.1, -0.05) is 13.0 Å². The molecule has 3 heterocycles. The van der Waals surface area contributed by atoms with Crippen molar-refractivity contribution in [3.63, 3.8) is 0 Å². The Morgan fingerprint density at radius 1 is 1.38 bits per heavy atom. The number of thiophene rings is 1. The topological polar surface area (TPSA) is 41.6 Å². The highest BCUT2D eigenvalue weighted by atomic mass is 32.1. The molecule has 0 fully saturated rings. The van der Waals surface area contributed by atoms with Crippen LogP contribution in [0, 0.1) is 0 Å². The average Bonchev–Trinajstić information content (AvgIpc) is 2.96. The molecule has 3 nitrogen and oxygen atoms in total. The first-order valence-corrected chi connectivity index (χ1v) is 6.14. The van der Waals surface area contributed by atoms with E-state index in [1.54, 1.807) is 11.3 Å². The average molecular weight is 229 g/mol. The number of hydrogen-bond donors (Lipinski definition) is 1. The minimum absolute atomic E-state index is 0.878. The maximum atomic E-state index is 4.62. The Hall–Kier alpha value is -1.68. The van der Waals surface area contributed by atoms with Gasteiger partial charge in [-0.05, 0) is 29.5 Å². The van der Waals surface area contributed by atoms with Gasteiger partial charge in [0.05, 0.1) is 4.88 Å². The van der Waals surface area contributed by atoms with Crippen LogP contribution < -0.4 is 0 Å².